The maximum atomic E-state index is 13.1. The summed E-state index contributed by atoms with van der Waals surface area (Å²) in [5.41, 5.74) is 2.14. The lowest BCUT2D eigenvalue weighted by Gasteiger charge is -2.14. The number of aromatic nitrogens is 1. The summed E-state index contributed by atoms with van der Waals surface area (Å²) in [6.07, 6.45) is 1.65. The van der Waals surface area contributed by atoms with Crippen LogP contribution >= 0.6 is 0 Å². The van der Waals surface area contributed by atoms with E-state index < -0.39 is 0 Å². The molecule has 4 rings (SSSR count). The number of ketones is 1. The van der Waals surface area contributed by atoms with Gasteiger partial charge in [0.1, 0.15) is 11.5 Å². The lowest BCUT2D eigenvalue weighted by atomic mass is 10.0. The van der Waals surface area contributed by atoms with Crippen LogP contribution in [-0.2, 0) is 6.54 Å². The molecule has 30 heavy (non-hydrogen) atoms. The number of para-hydroxylation sites is 1. The summed E-state index contributed by atoms with van der Waals surface area (Å²) < 4.78 is 12.3. The van der Waals surface area contributed by atoms with Gasteiger partial charge in [-0.3, -0.25) is 9.59 Å². The number of carbonyl (C=O) groups excluding carboxylic acids is 1. The van der Waals surface area contributed by atoms with Crippen molar-refractivity contribution in [3.8, 4) is 11.5 Å². The number of nitrogens with zero attached hydrogens (tertiary/aromatic N) is 1. The van der Waals surface area contributed by atoms with Crippen molar-refractivity contribution in [2.45, 2.75) is 6.54 Å². The van der Waals surface area contributed by atoms with Crippen LogP contribution in [0, 0.1) is 0 Å². The van der Waals surface area contributed by atoms with Crippen molar-refractivity contribution in [3.63, 3.8) is 0 Å². The molecule has 0 atom stereocenters. The number of benzene rings is 3. The van der Waals surface area contributed by atoms with E-state index in [1.54, 1.807) is 50.7 Å². The van der Waals surface area contributed by atoms with Crippen molar-refractivity contribution in [1.29, 1.82) is 0 Å². The normalized spacial score (nSPS) is 10.7. The predicted octanol–water partition coefficient (Wildman–Crippen LogP) is 4.30. The smallest absolute Gasteiger partial charge is 0.200 e. The minimum atomic E-state index is -0.308. The number of methoxy groups -OCH3 is 2. The first-order valence-electron chi connectivity index (χ1n) is 9.54. The van der Waals surface area contributed by atoms with Gasteiger partial charge in [0.2, 0.25) is 5.43 Å². The van der Waals surface area contributed by atoms with Gasteiger partial charge in [0.25, 0.3) is 0 Å². The highest BCUT2D eigenvalue weighted by Crippen LogP contribution is 2.19. The number of fused-ring (bicyclic) bond motifs is 1. The number of pyridine rings is 1. The SMILES string of the molecule is COc1ccc(Cn2cc(C(=O)c3ccc(OC)cc3)c(=O)c3ccccc32)cc1. The van der Waals surface area contributed by atoms with E-state index in [9.17, 15) is 9.59 Å². The standard InChI is InChI=1S/C25H21NO4/c1-29-19-11-7-17(8-12-19)15-26-16-22(25(28)21-5-3-4-6-23(21)26)24(27)18-9-13-20(30-2)14-10-18/h3-14,16H,15H2,1-2H3. The van der Waals surface area contributed by atoms with Crippen LogP contribution in [0.25, 0.3) is 10.9 Å². The van der Waals surface area contributed by atoms with Crippen LogP contribution in [0.2, 0.25) is 0 Å². The Morgan fingerprint density at radius 3 is 2.07 bits per heavy atom. The quantitative estimate of drug-likeness (QED) is 0.454. The molecular formula is C25H21NO4. The van der Waals surface area contributed by atoms with Crippen LogP contribution in [0.15, 0.2) is 83.8 Å². The van der Waals surface area contributed by atoms with E-state index in [1.807, 2.05) is 47.0 Å². The van der Waals surface area contributed by atoms with Gasteiger partial charge in [0, 0.05) is 23.7 Å². The van der Waals surface area contributed by atoms with E-state index >= 15 is 0 Å². The van der Waals surface area contributed by atoms with E-state index in [2.05, 4.69) is 0 Å². The van der Waals surface area contributed by atoms with Gasteiger partial charge < -0.3 is 14.0 Å². The number of hydrogen-bond donors (Lipinski definition) is 0. The zero-order valence-electron chi connectivity index (χ0n) is 16.8. The lowest BCUT2D eigenvalue weighted by molar-refractivity contribution is 0.103. The summed E-state index contributed by atoms with van der Waals surface area (Å²) in [6.45, 7) is 0.522. The molecule has 5 nitrogen and oxygen atoms in total. The Hall–Kier alpha value is -3.86. The van der Waals surface area contributed by atoms with Crippen molar-refractivity contribution < 1.29 is 14.3 Å². The summed E-state index contributed by atoms with van der Waals surface area (Å²) in [6, 6.07) is 21.8. The largest absolute Gasteiger partial charge is 0.497 e. The van der Waals surface area contributed by atoms with E-state index in [0.717, 1.165) is 16.8 Å². The highest BCUT2D eigenvalue weighted by Gasteiger charge is 2.17. The molecule has 0 amide bonds. The first kappa shape index (κ1) is 19.5. The maximum absolute atomic E-state index is 13.1. The second-order valence-corrected chi connectivity index (χ2v) is 6.92. The maximum Gasteiger partial charge on any atom is 0.200 e. The fraction of sp³-hybridized carbons (Fsp3) is 0.120. The molecule has 0 aliphatic carbocycles. The molecule has 0 aliphatic heterocycles. The molecular weight excluding hydrogens is 378 g/mol. The monoisotopic (exact) mass is 399 g/mol. The zero-order valence-corrected chi connectivity index (χ0v) is 16.8. The van der Waals surface area contributed by atoms with Gasteiger partial charge in [0.15, 0.2) is 5.78 Å². The van der Waals surface area contributed by atoms with Crippen LogP contribution < -0.4 is 14.9 Å². The third-order valence-electron chi connectivity index (χ3n) is 5.10. The molecule has 0 aliphatic rings. The Labute approximate surface area is 174 Å². The Kier molecular flexibility index (Phi) is 5.35. The van der Waals surface area contributed by atoms with Gasteiger partial charge in [0.05, 0.1) is 25.3 Å². The fourth-order valence-corrected chi connectivity index (χ4v) is 3.46. The van der Waals surface area contributed by atoms with Crippen LogP contribution in [0.3, 0.4) is 0 Å². The zero-order chi connectivity index (χ0) is 21.1. The van der Waals surface area contributed by atoms with Gasteiger partial charge in [-0.25, -0.2) is 0 Å². The van der Waals surface area contributed by atoms with Crippen molar-refractivity contribution in [2.75, 3.05) is 14.2 Å². The predicted molar refractivity (Wildman–Crippen MR) is 117 cm³/mol. The highest BCUT2D eigenvalue weighted by atomic mass is 16.5. The molecule has 4 aromatic rings. The molecule has 0 N–H and O–H groups in total. The molecule has 0 radical (unpaired) electrons. The van der Waals surface area contributed by atoms with Crippen LogP contribution in [0.5, 0.6) is 11.5 Å². The molecule has 0 saturated carbocycles. The van der Waals surface area contributed by atoms with Crippen molar-refractivity contribution in [2.24, 2.45) is 0 Å². The Bertz CT molecular complexity index is 1260. The first-order valence-corrected chi connectivity index (χ1v) is 9.54. The number of rotatable bonds is 6. The van der Waals surface area contributed by atoms with Crippen molar-refractivity contribution >= 4 is 16.7 Å². The number of hydrogen-bond acceptors (Lipinski definition) is 4. The summed E-state index contributed by atoms with van der Waals surface area (Å²) >= 11 is 0. The third kappa shape index (κ3) is 3.70. The van der Waals surface area contributed by atoms with E-state index in [4.69, 9.17) is 9.47 Å². The molecule has 0 fully saturated rings. The first-order chi connectivity index (χ1) is 14.6. The van der Waals surface area contributed by atoms with Gasteiger partial charge in [-0.15, -0.1) is 0 Å². The molecule has 1 aromatic heterocycles. The molecule has 3 aromatic carbocycles. The van der Waals surface area contributed by atoms with Gasteiger partial charge >= 0.3 is 0 Å². The molecule has 0 unspecified atom stereocenters. The molecule has 1 heterocycles. The average molecular weight is 399 g/mol. The van der Waals surface area contributed by atoms with E-state index in [0.29, 0.717) is 23.2 Å². The Balaban J connectivity index is 1.80. The Morgan fingerprint density at radius 2 is 1.43 bits per heavy atom. The van der Waals surface area contributed by atoms with Gasteiger partial charge in [-0.1, -0.05) is 24.3 Å². The summed E-state index contributed by atoms with van der Waals surface area (Å²) in [5.74, 6) is 1.12. The molecule has 150 valence electrons. The average Bonchev–Trinajstić information content (AvgIpc) is 2.81. The second kappa shape index (κ2) is 8.25. The molecule has 0 spiro atoms. The van der Waals surface area contributed by atoms with Crippen LogP contribution in [-0.4, -0.2) is 24.6 Å². The van der Waals surface area contributed by atoms with Crippen molar-refractivity contribution in [1.82, 2.24) is 4.57 Å². The minimum absolute atomic E-state index is 0.146. The van der Waals surface area contributed by atoms with Gasteiger partial charge in [-0.05, 0) is 54.1 Å². The molecule has 5 heteroatoms. The van der Waals surface area contributed by atoms with E-state index in [1.165, 1.54) is 0 Å². The Morgan fingerprint density at radius 1 is 0.833 bits per heavy atom. The molecule has 0 bridgehead atoms. The number of carbonyl (C=O) groups is 1. The topological polar surface area (TPSA) is 57.5 Å². The van der Waals surface area contributed by atoms with Crippen LogP contribution in [0.1, 0.15) is 21.5 Å². The third-order valence-corrected chi connectivity index (χ3v) is 5.10. The summed E-state index contributed by atoms with van der Waals surface area (Å²) in [5, 5.41) is 0.519. The lowest BCUT2D eigenvalue weighted by Crippen LogP contribution is -2.20. The fourth-order valence-electron chi connectivity index (χ4n) is 3.46. The second-order valence-electron chi connectivity index (χ2n) is 6.92. The summed E-state index contributed by atoms with van der Waals surface area (Å²) in [7, 11) is 3.19. The highest BCUT2D eigenvalue weighted by molar-refractivity contribution is 6.10. The summed E-state index contributed by atoms with van der Waals surface area (Å²) in [4.78, 5) is 26.2. The van der Waals surface area contributed by atoms with E-state index in [-0.39, 0.29) is 16.8 Å². The minimum Gasteiger partial charge on any atom is -0.497 e. The van der Waals surface area contributed by atoms with Gasteiger partial charge in [-0.2, -0.15) is 0 Å². The van der Waals surface area contributed by atoms with Crippen LogP contribution in [0.4, 0.5) is 0 Å². The molecule has 0 saturated heterocycles. The van der Waals surface area contributed by atoms with Crippen molar-refractivity contribution in [3.05, 3.63) is 106 Å². The number of ether oxygens (including phenoxy) is 2.